The minimum absolute atomic E-state index is 0.0633. The van der Waals surface area contributed by atoms with Crippen molar-refractivity contribution in [3.8, 4) is 17.2 Å². The molecule has 0 aromatic heterocycles. The number of carbonyl (C=O) groups is 2. The molecule has 6 nitrogen and oxygen atoms in total. The smallest absolute Gasteiger partial charge is 0.303 e. The highest BCUT2D eigenvalue weighted by atomic mass is 16.5. The van der Waals surface area contributed by atoms with Crippen LogP contribution in [-0.2, 0) is 4.79 Å². The van der Waals surface area contributed by atoms with Crippen molar-refractivity contribution in [2.45, 2.75) is 12.8 Å². The van der Waals surface area contributed by atoms with Gasteiger partial charge in [-0.1, -0.05) is 0 Å². The van der Waals surface area contributed by atoms with Crippen LogP contribution in [0.25, 0.3) is 0 Å². The highest BCUT2D eigenvalue weighted by molar-refractivity contribution is 6.10. The fourth-order valence-electron chi connectivity index (χ4n) is 2.26. The van der Waals surface area contributed by atoms with Crippen molar-refractivity contribution >= 4 is 11.8 Å². The number of aliphatic carboxylic acids is 1. The second kappa shape index (κ2) is 8.73. The van der Waals surface area contributed by atoms with Gasteiger partial charge < -0.3 is 19.3 Å². The summed E-state index contributed by atoms with van der Waals surface area (Å²) in [4.78, 5) is 23.1. The molecule has 0 atom stereocenters. The molecule has 25 heavy (non-hydrogen) atoms. The number of carbonyl (C=O) groups excluding carboxylic acids is 1. The first-order valence-electron chi connectivity index (χ1n) is 7.76. The molecular formula is C19H20O6. The highest BCUT2D eigenvalue weighted by Crippen LogP contribution is 2.27. The van der Waals surface area contributed by atoms with Crippen LogP contribution < -0.4 is 14.2 Å². The van der Waals surface area contributed by atoms with E-state index in [0.29, 0.717) is 41.4 Å². The van der Waals surface area contributed by atoms with Gasteiger partial charge in [-0.25, -0.2) is 0 Å². The molecule has 0 bridgehead atoms. The minimum Gasteiger partial charge on any atom is -0.497 e. The third-order valence-corrected chi connectivity index (χ3v) is 3.57. The predicted octanol–water partition coefficient (Wildman–Crippen LogP) is 3.18. The Morgan fingerprint density at radius 2 is 1.64 bits per heavy atom. The Kier molecular flexibility index (Phi) is 6.39. The number of carboxylic acid groups (broad SMARTS) is 1. The van der Waals surface area contributed by atoms with E-state index in [0.717, 1.165) is 0 Å². The second-order valence-corrected chi connectivity index (χ2v) is 5.27. The third-order valence-electron chi connectivity index (χ3n) is 3.57. The van der Waals surface area contributed by atoms with Gasteiger partial charge in [0.15, 0.2) is 5.78 Å². The van der Waals surface area contributed by atoms with Crippen LogP contribution >= 0.6 is 0 Å². The summed E-state index contributed by atoms with van der Waals surface area (Å²) in [5.74, 6) is 0.621. The van der Waals surface area contributed by atoms with Crippen LogP contribution in [0.4, 0.5) is 0 Å². The molecule has 132 valence electrons. The molecule has 0 spiro atoms. The fraction of sp³-hybridized carbons (Fsp3) is 0.263. The average molecular weight is 344 g/mol. The first-order chi connectivity index (χ1) is 12.0. The Labute approximate surface area is 146 Å². The number of hydrogen-bond acceptors (Lipinski definition) is 5. The van der Waals surface area contributed by atoms with Crippen LogP contribution in [0, 0.1) is 0 Å². The molecule has 6 heteroatoms. The largest absolute Gasteiger partial charge is 0.497 e. The Balaban J connectivity index is 2.06. The number of ketones is 1. The lowest BCUT2D eigenvalue weighted by atomic mass is 10.0. The van der Waals surface area contributed by atoms with Crippen LogP contribution in [0.3, 0.4) is 0 Å². The van der Waals surface area contributed by atoms with Crippen molar-refractivity contribution in [2.24, 2.45) is 0 Å². The Hall–Kier alpha value is -3.02. The molecule has 0 radical (unpaired) electrons. The maximum Gasteiger partial charge on any atom is 0.303 e. The number of rotatable bonds is 9. The van der Waals surface area contributed by atoms with Crippen molar-refractivity contribution in [3.05, 3.63) is 53.6 Å². The number of ether oxygens (including phenoxy) is 3. The molecule has 2 aromatic carbocycles. The summed E-state index contributed by atoms with van der Waals surface area (Å²) in [6.07, 6.45) is 0.493. The quantitative estimate of drug-likeness (QED) is 0.556. The number of hydrogen-bond donors (Lipinski definition) is 1. The monoisotopic (exact) mass is 344 g/mol. The van der Waals surface area contributed by atoms with Gasteiger partial charge in [0, 0.05) is 18.1 Å². The van der Waals surface area contributed by atoms with Gasteiger partial charge in [0.05, 0.1) is 26.4 Å². The minimum atomic E-state index is -0.849. The van der Waals surface area contributed by atoms with E-state index in [-0.39, 0.29) is 12.2 Å². The van der Waals surface area contributed by atoms with Crippen LogP contribution in [0.2, 0.25) is 0 Å². The topological polar surface area (TPSA) is 82.1 Å². The van der Waals surface area contributed by atoms with E-state index in [2.05, 4.69) is 0 Å². The molecule has 2 rings (SSSR count). The summed E-state index contributed by atoms with van der Waals surface area (Å²) in [7, 11) is 3.05. The Bertz CT molecular complexity index is 736. The maximum atomic E-state index is 12.6. The van der Waals surface area contributed by atoms with Gasteiger partial charge in [-0.3, -0.25) is 9.59 Å². The van der Waals surface area contributed by atoms with E-state index in [9.17, 15) is 9.59 Å². The van der Waals surface area contributed by atoms with Crippen molar-refractivity contribution in [3.63, 3.8) is 0 Å². The first kappa shape index (κ1) is 18.3. The molecule has 0 unspecified atom stereocenters. The molecule has 0 amide bonds. The van der Waals surface area contributed by atoms with Gasteiger partial charge in [-0.05, 0) is 42.8 Å². The molecule has 0 heterocycles. The molecule has 0 aliphatic carbocycles. The second-order valence-electron chi connectivity index (χ2n) is 5.27. The number of carboxylic acids is 1. The van der Waals surface area contributed by atoms with Crippen LogP contribution in [0.1, 0.15) is 28.8 Å². The Morgan fingerprint density at radius 1 is 0.960 bits per heavy atom. The third kappa shape index (κ3) is 4.97. The average Bonchev–Trinajstić information content (AvgIpc) is 2.64. The Morgan fingerprint density at radius 3 is 2.24 bits per heavy atom. The van der Waals surface area contributed by atoms with Gasteiger partial charge in [0.25, 0.3) is 0 Å². The van der Waals surface area contributed by atoms with Gasteiger partial charge >= 0.3 is 5.97 Å². The summed E-state index contributed by atoms with van der Waals surface area (Å²) in [5.41, 5.74) is 0.944. The van der Waals surface area contributed by atoms with Crippen LogP contribution in [0.5, 0.6) is 17.2 Å². The van der Waals surface area contributed by atoms with E-state index >= 15 is 0 Å². The molecule has 0 saturated heterocycles. The van der Waals surface area contributed by atoms with Crippen molar-refractivity contribution in [2.75, 3.05) is 20.8 Å². The summed E-state index contributed by atoms with van der Waals surface area (Å²) < 4.78 is 15.9. The summed E-state index contributed by atoms with van der Waals surface area (Å²) in [5, 5.41) is 8.58. The summed E-state index contributed by atoms with van der Waals surface area (Å²) in [6, 6.07) is 11.7. The molecule has 0 saturated carbocycles. The van der Waals surface area contributed by atoms with Gasteiger partial charge in [0.1, 0.15) is 17.2 Å². The number of methoxy groups -OCH3 is 2. The zero-order chi connectivity index (χ0) is 18.2. The van der Waals surface area contributed by atoms with E-state index in [1.165, 1.54) is 7.11 Å². The fourth-order valence-corrected chi connectivity index (χ4v) is 2.26. The van der Waals surface area contributed by atoms with E-state index in [1.54, 1.807) is 49.6 Å². The normalized spacial score (nSPS) is 10.2. The number of benzene rings is 2. The van der Waals surface area contributed by atoms with Gasteiger partial charge in [-0.15, -0.1) is 0 Å². The molecule has 1 N–H and O–H groups in total. The molecule has 2 aromatic rings. The highest BCUT2D eigenvalue weighted by Gasteiger charge is 2.15. The van der Waals surface area contributed by atoms with Crippen molar-refractivity contribution in [1.29, 1.82) is 0 Å². The predicted molar refractivity (Wildman–Crippen MR) is 91.8 cm³/mol. The molecular weight excluding hydrogens is 324 g/mol. The SMILES string of the molecule is COc1ccc(C(=O)c2ccc(OCCCC(=O)O)cc2)c(OC)c1. The summed E-state index contributed by atoms with van der Waals surface area (Å²) in [6.45, 7) is 0.311. The molecule has 0 fully saturated rings. The molecule has 0 aliphatic rings. The lowest BCUT2D eigenvalue weighted by molar-refractivity contribution is -0.137. The zero-order valence-corrected chi connectivity index (χ0v) is 14.2. The zero-order valence-electron chi connectivity index (χ0n) is 14.2. The van der Waals surface area contributed by atoms with Crippen LogP contribution in [0.15, 0.2) is 42.5 Å². The molecule has 0 aliphatic heterocycles. The van der Waals surface area contributed by atoms with E-state index in [1.807, 2.05) is 0 Å². The van der Waals surface area contributed by atoms with Gasteiger partial charge in [0.2, 0.25) is 0 Å². The van der Waals surface area contributed by atoms with E-state index < -0.39 is 5.97 Å². The van der Waals surface area contributed by atoms with Crippen molar-refractivity contribution < 1.29 is 28.9 Å². The maximum absolute atomic E-state index is 12.6. The van der Waals surface area contributed by atoms with Crippen LogP contribution in [-0.4, -0.2) is 37.7 Å². The first-order valence-corrected chi connectivity index (χ1v) is 7.76. The summed E-state index contributed by atoms with van der Waals surface area (Å²) >= 11 is 0. The van der Waals surface area contributed by atoms with E-state index in [4.69, 9.17) is 19.3 Å². The lowest BCUT2D eigenvalue weighted by Crippen LogP contribution is -2.05. The standard InChI is InChI=1S/C19H20O6/c1-23-15-9-10-16(17(12-15)24-2)19(22)13-5-7-14(8-6-13)25-11-3-4-18(20)21/h5-10,12H,3-4,11H2,1-2H3,(H,20,21). The van der Waals surface area contributed by atoms with Gasteiger partial charge in [-0.2, -0.15) is 0 Å². The lowest BCUT2D eigenvalue weighted by Gasteiger charge is -2.10. The van der Waals surface area contributed by atoms with Crippen molar-refractivity contribution in [1.82, 2.24) is 0 Å².